The lowest BCUT2D eigenvalue weighted by Gasteiger charge is -2.13. The third-order valence-corrected chi connectivity index (χ3v) is 5.48. The van der Waals surface area contributed by atoms with Gasteiger partial charge in [0.15, 0.2) is 0 Å². The number of rotatable bonds is 4. The minimum Gasteiger partial charge on any atom is -0.281 e. The maximum Gasteiger partial charge on any atom is 0.263 e. The summed E-state index contributed by atoms with van der Waals surface area (Å²) >= 11 is 0. The largest absolute Gasteiger partial charge is 0.281 e. The van der Waals surface area contributed by atoms with Gasteiger partial charge < -0.3 is 0 Å². The van der Waals surface area contributed by atoms with Crippen LogP contribution in [0.4, 0.5) is 4.39 Å². The molecular formula is C21H21FN2O2S. The van der Waals surface area contributed by atoms with Crippen molar-refractivity contribution in [2.75, 3.05) is 0 Å². The molecular weight excluding hydrogens is 363 g/mol. The van der Waals surface area contributed by atoms with Crippen molar-refractivity contribution >= 4 is 22.7 Å². The molecule has 0 aliphatic rings. The molecule has 4 nitrogen and oxygen atoms in total. The van der Waals surface area contributed by atoms with Crippen molar-refractivity contribution in [3.05, 3.63) is 76.5 Å². The molecule has 2 heterocycles. The van der Waals surface area contributed by atoms with Gasteiger partial charge in [0.1, 0.15) is 16.8 Å². The molecule has 3 rings (SSSR count). The second kappa shape index (κ2) is 7.56. The Kier molecular flexibility index (Phi) is 5.37. The van der Waals surface area contributed by atoms with Gasteiger partial charge in [-0.1, -0.05) is 30.3 Å². The summed E-state index contributed by atoms with van der Waals surface area (Å²) in [6.07, 6.45) is 3.13. The Labute approximate surface area is 160 Å². The molecule has 0 aliphatic carbocycles. The van der Waals surface area contributed by atoms with E-state index in [1.54, 1.807) is 12.3 Å². The predicted molar refractivity (Wildman–Crippen MR) is 109 cm³/mol. The smallest absolute Gasteiger partial charge is 0.263 e. The summed E-state index contributed by atoms with van der Waals surface area (Å²) in [5.74, 6) is -0.474. The summed E-state index contributed by atoms with van der Waals surface area (Å²) in [5, 5.41) is 0. The van der Waals surface area contributed by atoms with Gasteiger partial charge in [-0.15, -0.1) is 0 Å². The SMILES string of the molecule is CC(C)(C)S(=O)N=CCc1cc2ccc(F)cn2c(=O)c1-c1ccccc1. The minimum absolute atomic E-state index is 0.293. The van der Waals surface area contributed by atoms with Gasteiger partial charge in [0.25, 0.3) is 5.56 Å². The summed E-state index contributed by atoms with van der Waals surface area (Å²) < 4.78 is 30.8. The number of hydrogen-bond donors (Lipinski definition) is 0. The van der Waals surface area contributed by atoms with E-state index in [1.807, 2.05) is 57.2 Å². The highest BCUT2D eigenvalue weighted by Gasteiger charge is 2.18. The summed E-state index contributed by atoms with van der Waals surface area (Å²) in [4.78, 5) is 13.1. The lowest BCUT2D eigenvalue weighted by Crippen LogP contribution is -2.20. The predicted octanol–water partition coefficient (Wildman–Crippen LogP) is 4.18. The lowest BCUT2D eigenvalue weighted by molar-refractivity contribution is 0.618. The highest BCUT2D eigenvalue weighted by Crippen LogP contribution is 2.22. The fraction of sp³-hybridized carbons (Fsp3) is 0.238. The Balaban J connectivity index is 2.13. The summed E-state index contributed by atoms with van der Waals surface area (Å²) in [6, 6.07) is 14.0. The van der Waals surface area contributed by atoms with E-state index in [0.29, 0.717) is 17.5 Å². The van der Waals surface area contributed by atoms with E-state index >= 15 is 0 Å². The number of fused-ring (bicyclic) bond motifs is 1. The standard InChI is InChI=1S/C21H21FN2O2S/c1-21(2,3)27(26)23-12-11-16-13-18-10-9-17(22)14-24(18)20(25)19(16)15-7-5-4-6-8-15/h4-10,12-14H,11H2,1-3H3. The number of aromatic nitrogens is 1. The van der Waals surface area contributed by atoms with E-state index in [1.165, 1.54) is 16.7 Å². The zero-order valence-electron chi connectivity index (χ0n) is 15.5. The van der Waals surface area contributed by atoms with E-state index in [9.17, 15) is 13.4 Å². The zero-order chi connectivity index (χ0) is 19.6. The van der Waals surface area contributed by atoms with Crippen molar-refractivity contribution in [1.29, 1.82) is 0 Å². The van der Waals surface area contributed by atoms with Crippen LogP contribution in [0.2, 0.25) is 0 Å². The Morgan fingerprint density at radius 1 is 1.15 bits per heavy atom. The van der Waals surface area contributed by atoms with Crippen LogP contribution < -0.4 is 5.56 Å². The second-order valence-electron chi connectivity index (χ2n) is 7.21. The zero-order valence-corrected chi connectivity index (χ0v) is 16.3. The van der Waals surface area contributed by atoms with E-state index in [0.717, 1.165) is 11.1 Å². The molecule has 140 valence electrons. The van der Waals surface area contributed by atoms with Crippen LogP contribution in [-0.2, 0) is 17.4 Å². The highest BCUT2D eigenvalue weighted by molar-refractivity contribution is 7.85. The first-order valence-electron chi connectivity index (χ1n) is 8.61. The van der Waals surface area contributed by atoms with Gasteiger partial charge in [-0.05, 0) is 50.1 Å². The first-order valence-corrected chi connectivity index (χ1v) is 9.72. The molecule has 27 heavy (non-hydrogen) atoms. The van der Waals surface area contributed by atoms with Gasteiger partial charge in [0.05, 0.1) is 10.3 Å². The molecule has 0 bridgehead atoms. The second-order valence-corrected chi connectivity index (χ2v) is 9.15. The first kappa shape index (κ1) is 19.2. The molecule has 6 heteroatoms. The fourth-order valence-corrected chi connectivity index (χ4v) is 3.25. The van der Waals surface area contributed by atoms with Crippen molar-refractivity contribution in [3.8, 4) is 11.1 Å². The van der Waals surface area contributed by atoms with Crippen LogP contribution in [0.3, 0.4) is 0 Å². The van der Waals surface area contributed by atoms with Crippen molar-refractivity contribution in [2.24, 2.45) is 4.40 Å². The fourth-order valence-electron chi connectivity index (χ4n) is 2.72. The monoisotopic (exact) mass is 384 g/mol. The van der Waals surface area contributed by atoms with Crippen molar-refractivity contribution < 1.29 is 8.60 Å². The van der Waals surface area contributed by atoms with Crippen LogP contribution in [0.5, 0.6) is 0 Å². The van der Waals surface area contributed by atoms with E-state index < -0.39 is 21.5 Å². The number of benzene rings is 1. The molecule has 1 atom stereocenters. The molecule has 3 aromatic rings. The Morgan fingerprint density at radius 3 is 2.52 bits per heavy atom. The van der Waals surface area contributed by atoms with Gasteiger partial charge in [-0.3, -0.25) is 9.20 Å². The average Bonchev–Trinajstić information content (AvgIpc) is 2.62. The number of hydrogen-bond acceptors (Lipinski definition) is 2. The summed E-state index contributed by atoms with van der Waals surface area (Å²) in [7, 11) is -1.36. The van der Waals surface area contributed by atoms with Crippen molar-refractivity contribution in [1.82, 2.24) is 4.40 Å². The van der Waals surface area contributed by atoms with Gasteiger partial charge in [0, 0.05) is 24.3 Å². The molecule has 0 N–H and O–H groups in total. The minimum atomic E-state index is -1.36. The van der Waals surface area contributed by atoms with E-state index in [4.69, 9.17) is 0 Å². The van der Waals surface area contributed by atoms with Gasteiger partial charge in [-0.2, -0.15) is 4.40 Å². The normalized spacial score (nSPS) is 13.3. The van der Waals surface area contributed by atoms with Crippen LogP contribution in [0.25, 0.3) is 16.6 Å². The summed E-state index contributed by atoms with van der Waals surface area (Å²) in [5.41, 5.74) is 2.31. The quantitative estimate of drug-likeness (QED) is 0.634. The molecule has 0 radical (unpaired) electrons. The van der Waals surface area contributed by atoms with Crippen LogP contribution in [0.1, 0.15) is 26.3 Å². The molecule has 0 aliphatic heterocycles. The van der Waals surface area contributed by atoms with Crippen LogP contribution in [-0.4, -0.2) is 19.6 Å². The third-order valence-electron chi connectivity index (χ3n) is 4.09. The molecule has 0 spiro atoms. The maximum absolute atomic E-state index is 13.6. The molecule has 0 saturated heterocycles. The molecule has 0 saturated carbocycles. The topological polar surface area (TPSA) is 50.9 Å². The van der Waals surface area contributed by atoms with Crippen molar-refractivity contribution in [3.63, 3.8) is 0 Å². The Morgan fingerprint density at radius 2 is 1.85 bits per heavy atom. The Hall–Kier alpha value is -2.60. The number of halogens is 1. The Bertz CT molecular complexity index is 1080. The maximum atomic E-state index is 13.6. The van der Waals surface area contributed by atoms with Gasteiger partial charge >= 0.3 is 0 Å². The lowest BCUT2D eigenvalue weighted by atomic mass is 9.99. The van der Waals surface area contributed by atoms with E-state index in [2.05, 4.69) is 4.40 Å². The molecule has 2 aromatic heterocycles. The molecule has 1 aromatic carbocycles. The van der Waals surface area contributed by atoms with Crippen molar-refractivity contribution in [2.45, 2.75) is 31.9 Å². The number of nitrogens with zero attached hydrogens (tertiary/aromatic N) is 2. The van der Waals surface area contributed by atoms with Gasteiger partial charge in [0.2, 0.25) is 0 Å². The van der Waals surface area contributed by atoms with Crippen LogP contribution in [0, 0.1) is 5.82 Å². The molecule has 0 amide bonds. The van der Waals surface area contributed by atoms with Gasteiger partial charge in [-0.25, -0.2) is 8.60 Å². The third kappa shape index (κ3) is 4.22. The molecule has 1 unspecified atom stereocenters. The average molecular weight is 384 g/mol. The highest BCUT2D eigenvalue weighted by atomic mass is 32.2. The molecule has 0 fully saturated rings. The van der Waals surface area contributed by atoms with E-state index in [-0.39, 0.29) is 5.56 Å². The van der Waals surface area contributed by atoms with Crippen LogP contribution in [0.15, 0.2) is 63.9 Å². The summed E-state index contributed by atoms with van der Waals surface area (Å²) in [6.45, 7) is 5.56. The first-order chi connectivity index (χ1) is 12.8. The van der Waals surface area contributed by atoms with Crippen LogP contribution >= 0.6 is 0 Å². The number of pyridine rings is 2.